The summed E-state index contributed by atoms with van der Waals surface area (Å²) in [7, 11) is 1.16. The van der Waals surface area contributed by atoms with E-state index in [9.17, 15) is 27.9 Å². The zero-order valence-electron chi connectivity index (χ0n) is 29.2. The molecule has 0 aromatic carbocycles. The van der Waals surface area contributed by atoms with Crippen LogP contribution in [0.3, 0.4) is 0 Å². The van der Waals surface area contributed by atoms with Crippen LogP contribution in [0, 0.1) is 0 Å². The van der Waals surface area contributed by atoms with Crippen LogP contribution in [0.25, 0.3) is 32.9 Å². The number of alkyl halides is 3. The van der Waals surface area contributed by atoms with Gasteiger partial charge in [-0.3, -0.25) is 14.1 Å². The van der Waals surface area contributed by atoms with Gasteiger partial charge in [0.1, 0.15) is 22.3 Å². The molecule has 16 heteroatoms. The number of anilines is 2. The Labute approximate surface area is 275 Å². The van der Waals surface area contributed by atoms with Gasteiger partial charge in [-0.15, -0.1) is 11.3 Å². The number of nitrogens with one attached hydrogen (secondary N) is 2. The molecule has 5 heterocycles. The van der Waals surface area contributed by atoms with E-state index >= 15 is 0 Å². The number of rotatable bonds is 7. The minimum Gasteiger partial charge on any atom is -0.453 e. The van der Waals surface area contributed by atoms with Gasteiger partial charge in [0.05, 0.1) is 41.8 Å². The van der Waals surface area contributed by atoms with E-state index in [2.05, 4.69) is 35.3 Å². The van der Waals surface area contributed by atoms with Crippen LogP contribution in [-0.2, 0) is 23.5 Å². The van der Waals surface area contributed by atoms with E-state index in [0.29, 0.717) is 14.5 Å². The van der Waals surface area contributed by atoms with E-state index in [1.807, 2.05) is 0 Å². The number of methoxy groups -OCH3 is 1. The lowest BCUT2D eigenvalue weighted by Gasteiger charge is -2.15. The van der Waals surface area contributed by atoms with Crippen LogP contribution >= 0.6 is 11.3 Å². The number of aryl methyl sites for hydroxylation is 1. The molecule has 0 saturated heterocycles. The number of nitrogens with zero attached hydrogens (tertiary/aromatic N) is 6. The molecule has 5 aromatic heterocycles. The number of thiazole rings is 1. The Morgan fingerprint density at radius 3 is 2.66 bits per heavy atom. The number of hydrogen-bond acceptors (Lipinski definition) is 10. The number of aliphatic hydroxyl groups is 1. The molecule has 246 valence electrons. The van der Waals surface area contributed by atoms with E-state index < -0.39 is 48.2 Å². The van der Waals surface area contributed by atoms with Crippen molar-refractivity contribution in [2.24, 2.45) is 6.98 Å². The molecule has 1 saturated carbocycles. The fraction of sp³-hybridized carbons (Fsp3) is 0.355. The van der Waals surface area contributed by atoms with Crippen LogP contribution in [0.2, 0.25) is 0 Å². The quantitative estimate of drug-likeness (QED) is 0.196. The fourth-order valence-electron chi connectivity index (χ4n) is 5.43. The Morgan fingerprint density at radius 2 is 1.96 bits per heavy atom. The number of hydrogen-bond donors (Lipinski definition) is 3. The van der Waals surface area contributed by atoms with Crippen molar-refractivity contribution in [1.29, 1.82) is 0 Å². The first kappa shape index (κ1) is 27.3. The Kier molecular flexibility index (Phi) is 7.01. The van der Waals surface area contributed by atoms with Crippen LogP contribution < -0.4 is 16.3 Å². The number of halogens is 3. The number of aromatic nitrogens is 6. The van der Waals surface area contributed by atoms with Crippen molar-refractivity contribution in [3.05, 3.63) is 70.0 Å². The summed E-state index contributed by atoms with van der Waals surface area (Å²) in [6, 6.07) is 2.87. The fourth-order valence-corrected chi connectivity index (χ4v) is 6.31. The minimum atomic E-state index is -4.71. The van der Waals surface area contributed by atoms with Crippen molar-refractivity contribution in [2.45, 2.75) is 56.9 Å². The maximum atomic E-state index is 14.1. The monoisotopic (exact) mass is 672 g/mol. The van der Waals surface area contributed by atoms with Gasteiger partial charge in [0.15, 0.2) is 0 Å². The van der Waals surface area contributed by atoms with E-state index in [4.69, 9.17) is 5.48 Å². The number of imidazole rings is 1. The van der Waals surface area contributed by atoms with Gasteiger partial charge in [0.25, 0.3) is 0 Å². The molecule has 1 aliphatic rings. The van der Waals surface area contributed by atoms with Gasteiger partial charge < -0.3 is 20.5 Å². The molecule has 3 N–H and O–H groups in total. The normalized spacial score (nSPS) is 19.9. The molecule has 0 unspecified atom stereocenters. The molecule has 2 atom stereocenters. The van der Waals surface area contributed by atoms with Gasteiger partial charge in [0.2, 0.25) is 0 Å². The van der Waals surface area contributed by atoms with Gasteiger partial charge in [-0.25, -0.2) is 24.5 Å². The molecule has 1 fully saturated rings. The summed E-state index contributed by atoms with van der Waals surface area (Å²) in [5.74, 6) is 0.0970. The van der Waals surface area contributed by atoms with Crippen molar-refractivity contribution < 1.29 is 33.3 Å². The molecular weight excluding hydrogens is 637 g/mol. The van der Waals surface area contributed by atoms with Gasteiger partial charge in [-0.05, 0) is 56.9 Å². The first-order valence-electron chi connectivity index (χ1n) is 16.3. The molecule has 0 bridgehead atoms. The van der Waals surface area contributed by atoms with Crippen LogP contribution in [-0.4, -0.2) is 53.4 Å². The summed E-state index contributed by atoms with van der Waals surface area (Å²) in [5.41, 5.74) is -2.89. The molecule has 0 spiro atoms. The van der Waals surface area contributed by atoms with Crippen molar-refractivity contribution in [1.82, 2.24) is 34.4 Å². The highest BCUT2D eigenvalue weighted by Crippen LogP contribution is 2.40. The molecule has 6 rings (SSSR count). The van der Waals surface area contributed by atoms with Crippen LogP contribution in [0.5, 0.6) is 0 Å². The predicted molar refractivity (Wildman–Crippen MR) is 169 cm³/mol. The van der Waals surface area contributed by atoms with Crippen molar-refractivity contribution in [3.63, 3.8) is 0 Å². The first-order chi connectivity index (χ1) is 23.8. The lowest BCUT2D eigenvalue weighted by molar-refractivity contribution is -0.137. The van der Waals surface area contributed by atoms with Gasteiger partial charge in [0, 0.05) is 53.4 Å². The number of alkyl carbamates (subject to hydrolysis) is 1. The van der Waals surface area contributed by atoms with E-state index in [1.165, 1.54) is 35.2 Å². The maximum absolute atomic E-state index is 14.1. The third-order valence-corrected chi connectivity index (χ3v) is 9.03. The third kappa shape index (κ3) is 6.42. The van der Waals surface area contributed by atoms with Crippen molar-refractivity contribution in [3.8, 4) is 21.8 Å². The smallest absolute Gasteiger partial charge is 0.417 e. The molecule has 12 nitrogen and oxygen atoms in total. The topological polar surface area (TPSA) is 149 Å². The minimum absolute atomic E-state index is 0.0246. The average molecular weight is 673 g/mol. The summed E-state index contributed by atoms with van der Waals surface area (Å²) in [5, 5.41) is 16.2. The Morgan fingerprint density at radius 1 is 1.15 bits per heavy atom. The molecular formula is C31H31F3N8O4S. The second-order valence-electron chi connectivity index (χ2n) is 11.4. The number of carbonyl (C=O) groups excluding carboxylic acids is 1. The average Bonchev–Trinajstić information content (AvgIpc) is 3.76. The summed E-state index contributed by atoms with van der Waals surface area (Å²) in [6.45, 7) is 0.246. The summed E-state index contributed by atoms with van der Waals surface area (Å²) < 4.78 is 81.6. The highest BCUT2D eigenvalue weighted by Gasteiger charge is 2.34. The van der Waals surface area contributed by atoms with Crippen LogP contribution in [0.1, 0.15) is 55.1 Å². The van der Waals surface area contributed by atoms with Gasteiger partial charge in [-0.2, -0.15) is 13.2 Å². The second kappa shape index (κ2) is 12.1. The van der Waals surface area contributed by atoms with Gasteiger partial charge in [-0.1, -0.05) is 0 Å². The molecule has 5 aromatic rings. The van der Waals surface area contributed by atoms with Crippen LogP contribution in [0.15, 0.2) is 53.8 Å². The number of ether oxygens (including phenoxy) is 1. The lowest BCUT2D eigenvalue weighted by atomic mass is 10.0. The summed E-state index contributed by atoms with van der Waals surface area (Å²) in [6.07, 6.45) is -0.418. The molecule has 1 aliphatic carbocycles. The number of amides is 1. The SMILES string of the molecule is [2H]C([2H])([2H])n1c(=O)n([C@@H]2CC[C@]([2H])(NC(=O)OC)C2)c2cc(Nc3cc(-c4cnccc4C(F)(F)F)cc(-c4ncc(C(C)(C)O)s4)n3)ncc21. The van der Waals surface area contributed by atoms with E-state index in [0.717, 1.165) is 36.9 Å². The van der Waals surface area contributed by atoms with Crippen molar-refractivity contribution >= 4 is 40.1 Å². The molecule has 47 heavy (non-hydrogen) atoms. The standard InChI is InChI=1S/C31H31F3N8O4S/c1-30(2,45)24-15-37-27(47-24)21-9-16(19-13-35-8-7-20(19)31(32,33)34)10-26(39-21)40-25-12-22-23(14-36-25)41(3)29(44)42(22)18-6-5-17(11-18)38-28(43)46-4/h7-10,12-15,17-18,45H,5-6,11H2,1-4H3,(H,38,43)(H,36,39,40)/t17-,18+/m0/s1/i3D3,17D. The number of carbonyl (C=O) groups is 1. The van der Waals surface area contributed by atoms with E-state index in [-0.39, 0.29) is 58.8 Å². The Balaban J connectivity index is 1.47. The highest BCUT2D eigenvalue weighted by molar-refractivity contribution is 7.15. The second-order valence-corrected chi connectivity index (χ2v) is 12.5. The highest BCUT2D eigenvalue weighted by atomic mass is 32.1. The molecule has 0 radical (unpaired) electrons. The Hall–Kier alpha value is -4.83. The maximum Gasteiger partial charge on any atom is 0.417 e. The largest absolute Gasteiger partial charge is 0.453 e. The number of pyridine rings is 3. The van der Waals surface area contributed by atoms with Crippen LogP contribution in [0.4, 0.5) is 29.6 Å². The number of fused-ring (bicyclic) bond motifs is 1. The lowest BCUT2D eigenvalue weighted by Crippen LogP contribution is -2.33. The third-order valence-electron chi connectivity index (χ3n) is 7.70. The molecule has 1 amide bonds. The molecule has 0 aliphatic heterocycles. The van der Waals surface area contributed by atoms with Gasteiger partial charge >= 0.3 is 18.0 Å². The summed E-state index contributed by atoms with van der Waals surface area (Å²) in [4.78, 5) is 43.2. The van der Waals surface area contributed by atoms with E-state index in [1.54, 1.807) is 13.8 Å². The van der Waals surface area contributed by atoms with Crippen molar-refractivity contribution in [2.75, 3.05) is 12.4 Å². The summed E-state index contributed by atoms with van der Waals surface area (Å²) >= 11 is 1.10. The zero-order chi connectivity index (χ0) is 37.1. The predicted octanol–water partition coefficient (Wildman–Crippen LogP) is 5.75. The first-order valence-corrected chi connectivity index (χ1v) is 15.1. The zero-order valence-corrected chi connectivity index (χ0v) is 26.0. The Bertz CT molecular complexity index is 2200.